The highest BCUT2D eigenvalue weighted by molar-refractivity contribution is 5.69. The van der Waals surface area contributed by atoms with E-state index in [9.17, 15) is 9.59 Å². The molecule has 1 aromatic rings. The third kappa shape index (κ3) is 5.97. The van der Waals surface area contributed by atoms with Gasteiger partial charge in [0.25, 0.3) is 5.56 Å². The number of carboxylic acid groups (broad SMARTS) is 1. The Morgan fingerprint density at radius 2 is 2.00 bits per heavy atom. The van der Waals surface area contributed by atoms with E-state index in [1.54, 1.807) is 6.92 Å². The number of nitrogens with one attached hydrogen (secondary N) is 2. The lowest BCUT2D eigenvalue weighted by molar-refractivity contribution is -0.141. The van der Waals surface area contributed by atoms with Crippen LogP contribution in [0.4, 0.5) is 5.82 Å². The SMILES string of the molecule is CC(CCCC(C)C(=O)O)Nc1cc(=O)[nH]c(C(C)C)n1. The van der Waals surface area contributed by atoms with Crippen molar-refractivity contribution in [3.8, 4) is 0 Å². The molecule has 0 aliphatic rings. The minimum absolute atomic E-state index is 0.139. The first-order chi connectivity index (χ1) is 9.79. The summed E-state index contributed by atoms with van der Waals surface area (Å²) in [5.74, 6) is 0.319. The maximum absolute atomic E-state index is 11.6. The van der Waals surface area contributed by atoms with Gasteiger partial charge in [-0.15, -0.1) is 0 Å². The van der Waals surface area contributed by atoms with Gasteiger partial charge < -0.3 is 15.4 Å². The Morgan fingerprint density at radius 3 is 2.57 bits per heavy atom. The van der Waals surface area contributed by atoms with E-state index in [0.717, 1.165) is 12.8 Å². The summed E-state index contributed by atoms with van der Waals surface area (Å²) < 4.78 is 0. The highest BCUT2D eigenvalue weighted by atomic mass is 16.4. The topological polar surface area (TPSA) is 95.1 Å². The summed E-state index contributed by atoms with van der Waals surface area (Å²) in [6.07, 6.45) is 2.31. The third-order valence-corrected chi connectivity index (χ3v) is 3.40. The lowest BCUT2D eigenvalue weighted by Gasteiger charge is -2.16. The van der Waals surface area contributed by atoms with Crippen molar-refractivity contribution < 1.29 is 9.90 Å². The minimum Gasteiger partial charge on any atom is -0.481 e. The molecule has 1 aromatic heterocycles. The van der Waals surface area contributed by atoms with Gasteiger partial charge in [-0.05, 0) is 19.8 Å². The van der Waals surface area contributed by atoms with E-state index in [2.05, 4.69) is 15.3 Å². The molecular formula is C15H25N3O3. The lowest BCUT2D eigenvalue weighted by atomic mass is 10.0. The Labute approximate surface area is 125 Å². The van der Waals surface area contributed by atoms with Gasteiger partial charge in [0.05, 0.1) is 5.92 Å². The average Bonchev–Trinajstić information content (AvgIpc) is 2.37. The molecule has 0 bridgehead atoms. The Bertz CT molecular complexity index is 525. The Hall–Kier alpha value is -1.85. The van der Waals surface area contributed by atoms with E-state index in [1.807, 2.05) is 20.8 Å². The molecule has 0 aliphatic heterocycles. The van der Waals surface area contributed by atoms with Crippen LogP contribution in [-0.4, -0.2) is 27.1 Å². The van der Waals surface area contributed by atoms with Crippen molar-refractivity contribution in [2.75, 3.05) is 5.32 Å². The quantitative estimate of drug-likeness (QED) is 0.685. The molecule has 0 aliphatic carbocycles. The zero-order valence-corrected chi connectivity index (χ0v) is 13.1. The van der Waals surface area contributed by atoms with Crippen LogP contribution < -0.4 is 10.9 Å². The van der Waals surface area contributed by atoms with Crippen LogP contribution >= 0.6 is 0 Å². The second-order valence-electron chi connectivity index (χ2n) is 5.89. The van der Waals surface area contributed by atoms with Gasteiger partial charge in [0.15, 0.2) is 0 Å². The molecule has 0 aromatic carbocycles. The van der Waals surface area contributed by atoms with Crippen molar-refractivity contribution >= 4 is 11.8 Å². The largest absolute Gasteiger partial charge is 0.481 e. The third-order valence-electron chi connectivity index (χ3n) is 3.40. The molecule has 6 heteroatoms. The fourth-order valence-corrected chi connectivity index (χ4v) is 2.00. The van der Waals surface area contributed by atoms with Crippen LogP contribution in [0.5, 0.6) is 0 Å². The fraction of sp³-hybridized carbons (Fsp3) is 0.667. The molecule has 0 spiro atoms. The van der Waals surface area contributed by atoms with Gasteiger partial charge in [0, 0.05) is 18.0 Å². The summed E-state index contributed by atoms with van der Waals surface area (Å²) >= 11 is 0. The van der Waals surface area contributed by atoms with Gasteiger partial charge in [-0.2, -0.15) is 0 Å². The number of anilines is 1. The number of aliphatic carboxylic acids is 1. The van der Waals surface area contributed by atoms with E-state index in [4.69, 9.17) is 5.11 Å². The predicted octanol–water partition coefficient (Wildman–Crippen LogP) is 2.58. The summed E-state index contributed by atoms with van der Waals surface area (Å²) in [6, 6.07) is 1.59. The van der Waals surface area contributed by atoms with E-state index in [-0.39, 0.29) is 23.4 Å². The smallest absolute Gasteiger partial charge is 0.306 e. The number of aromatic nitrogens is 2. The molecule has 21 heavy (non-hydrogen) atoms. The van der Waals surface area contributed by atoms with Crippen molar-refractivity contribution in [3.05, 3.63) is 22.2 Å². The van der Waals surface area contributed by atoms with Crippen molar-refractivity contribution in [1.29, 1.82) is 0 Å². The molecule has 1 rings (SSSR count). The van der Waals surface area contributed by atoms with Gasteiger partial charge in [0.2, 0.25) is 0 Å². The monoisotopic (exact) mass is 295 g/mol. The minimum atomic E-state index is -0.756. The summed E-state index contributed by atoms with van der Waals surface area (Å²) in [5.41, 5.74) is -0.164. The molecule has 3 N–H and O–H groups in total. The van der Waals surface area contributed by atoms with Gasteiger partial charge >= 0.3 is 5.97 Å². The van der Waals surface area contributed by atoms with Crippen LogP contribution in [0.3, 0.4) is 0 Å². The second-order valence-corrected chi connectivity index (χ2v) is 5.89. The Balaban J connectivity index is 2.53. The van der Waals surface area contributed by atoms with E-state index in [1.165, 1.54) is 6.07 Å². The van der Waals surface area contributed by atoms with E-state index >= 15 is 0 Å². The summed E-state index contributed by atoms with van der Waals surface area (Å²) in [5, 5.41) is 12.0. The van der Waals surface area contributed by atoms with E-state index in [0.29, 0.717) is 18.1 Å². The number of hydrogen-bond acceptors (Lipinski definition) is 4. The second kappa shape index (κ2) is 7.81. The number of hydrogen-bond donors (Lipinski definition) is 3. The summed E-state index contributed by atoms with van der Waals surface area (Å²) in [6.45, 7) is 7.66. The van der Waals surface area contributed by atoms with Crippen molar-refractivity contribution in [3.63, 3.8) is 0 Å². The van der Waals surface area contributed by atoms with Crippen LogP contribution in [0.15, 0.2) is 10.9 Å². The van der Waals surface area contributed by atoms with Crippen molar-refractivity contribution in [2.24, 2.45) is 5.92 Å². The zero-order valence-electron chi connectivity index (χ0n) is 13.1. The highest BCUT2D eigenvalue weighted by Crippen LogP contribution is 2.13. The molecule has 2 atom stereocenters. The number of nitrogens with zero attached hydrogens (tertiary/aromatic N) is 1. The van der Waals surface area contributed by atoms with E-state index < -0.39 is 5.97 Å². The van der Waals surface area contributed by atoms with Crippen LogP contribution in [0.1, 0.15) is 58.7 Å². The Kier molecular flexibility index (Phi) is 6.39. The van der Waals surface area contributed by atoms with Crippen LogP contribution in [0, 0.1) is 5.92 Å². The normalized spacial score (nSPS) is 14.0. The summed E-state index contributed by atoms with van der Waals surface area (Å²) in [4.78, 5) is 29.4. The Morgan fingerprint density at radius 1 is 1.33 bits per heavy atom. The van der Waals surface area contributed by atoms with Crippen molar-refractivity contribution in [1.82, 2.24) is 9.97 Å². The predicted molar refractivity (Wildman–Crippen MR) is 82.7 cm³/mol. The van der Waals surface area contributed by atoms with Crippen molar-refractivity contribution in [2.45, 2.75) is 58.9 Å². The average molecular weight is 295 g/mol. The molecule has 0 radical (unpaired) electrons. The van der Waals surface area contributed by atoms with Gasteiger partial charge in [-0.25, -0.2) is 4.98 Å². The molecular weight excluding hydrogens is 270 g/mol. The van der Waals surface area contributed by atoms with Gasteiger partial charge in [-0.3, -0.25) is 9.59 Å². The molecule has 0 saturated carbocycles. The first-order valence-corrected chi connectivity index (χ1v) is 7.40. The number of carboxylic acids is 1. The van der Waals surface area contributed by atoms with Crippen LogP contribution in [0.25, 0.3) is 0 Å². The molecule has 0 fully saturated rings. The number of H-pyrrole nitrogens is 1. The molecule has 0 amide bonds. The number of rotatable bonds is 8. The van der Waals surface area contributed by atoms with Crippen LogP contribution in [0.2, 0.25) is 0 Å². The highest BCUT2D eigenvalue weighted by Gasteiger charge is 2.12. The van der Waals surface area contributed by atoms with Gasteiger partial charge in [0.1, 0.15) is 11.6 Å². The number of aromatic amines is 1. The molecule has 2 unspecified atom stereocenters. The fourth-order valence-electron chi connectivity index (χ4n) is 2.00. The first-order valence-electron chi connectivity index (χ1n) is 7.40. The molecule has 1 heterocycles. The first kappa shape index (κ1) is 17.2. The maximum atomic E-state index is 11.6. The zero-order chi connectivity index (χ0) is 16.0. The molecule has 0 saturated heterocycles. The maximum Gasteiger partial charge on any atom is 0.306 e. The number of carbonyl (C=O) groups is 1. The lowest BCUT2D eigenvalue weighted by Crippen LogP contribution is -2.20. The van der Waals surface area contributed by atoms with Crippen LogP contribution in [-0.2, 0) is 4.79 Å². The molecule has 6 nitrogen and oxygen atoms in total. The molecule has 118 valence electrons. The summed E-state index contributed by atoms with van der Waals surface area (Å²) in [7, 11) is 0. The standard InChI is InChI=1S/C15H25N3O3/c1-9(2)14-17-12(8-13(19)18-14)16-11(4)7-5-6-10(3)15(20)21/h8-11H,5-7H2,1-4H3,(H,20,21)(H2,16,17,18,19). The van der Waals surface area contributed by atoms with Gasteiger partial charge in [-0.1, -0.05) is 27.2 Å².